The van der Waals surface area contributed by atoms with Gasteiger partial charge in [0.15, 0.2) is 0 Å². The third-order valence-electron chi connectivity index (χ3n) is 4.99. The molecule has 0 unspecified atom stereocenters. The van der Waals surface area contributed by atoms with E-state index in [1.165, 1.54) is 0 Å². The van der Waals surface area contributed by atoms with Gasteiger partial charge in [-0.1, -0.05) is 60.5 Å². The average molecular weight is 367 g/mol. The van der Waals surface area contributed by atoms with Crippen LogP contribution in [0.3, 0.4) is 0 Å². The number of anilines is 1. The lowest BCUT2D eigenvalue weighted by Gasteiger charge is -2.40. The second-order valence-corrected chi connectivity index (χ2v) is 7.08. The minimum absolute atomic E-state index is 0.0523. The van der Waals surface area contributed by atoms with Crippen LogP contribution in [-0.2, 0) is 16.8 Å². The maximum atomic E-state index is 12.9. The van der Waals surface area contributed by atoms with Gasteiger partial charge in [-0.05, 0) is 36.1 Å². The van der Waals surface area contributed by atoms with Gasteiger partial charge in [0.25, 0.3) is 0 Å². The number of nitrogens with zero attached hydrogens (tertiary/aromatic N) is 3. The van der Waals surface area contributed by atoms with Gasteiger partial charge >= 0.3 is 0 Å². The maximum Gasteiger partial charge on any atom is 0.248 e. The van der Waals surface area contributed by atoms with Crippen LogP contribution in [0.1, 0.15) is 30.4 Å². The van der Waals surface area contributed by atoms with E-state index in [1.54, 1.807) is 11.0 Å². The smallest absolute Gasteiger partial charge is 0.248 e. The molecule has 4 rings (SSSR count). The molecule has 0 aliphatic heterocycles. The van der Waals surface area contributed by atoms with Crippen molar-refractivity contribution in [3.63, 3.8) is 0 Å². The third-order valence-corrected chi connectivity index (χ3v) is 5.24. The number of hydrogen-bond donors (Lipinski definition) is 1. The standard InChI is InChI=1S/C20H19ClN4O/c21-17-9-7-16(8-10-17)20(11-4-12-20)18(26)23-19-22-14-25(24-19)13-15-5-2-1-3-6-15/h1-3,5-10,14H,4,11-13H2,(H,23,24,26). The fraction of sp³-hybridized carbons (Fsp3) is 0.250. The van der Waals surface area contributed by atoms with Crippen LogP contribution in [0, 0.1) is 0 Å². The molecule has 1 aliphatic carbocycles. The molecule has 0 spiro atoms. The second-order valence-electron chi connectivity index (χ2n) is 6.65. The molecular formula is C20H19ClN4O. The largest absolute Gasteiger partial charge is 0.292 e. The van der Waals surface area contributed by atoms with Crippen LogP contribution >= 0.6 is 11.6 Å². The van der Waals surface area contributed by atoms with Crippen molar-refractivity contribution in [1.82, 2.24) is 14.8 Å². The van der Waals surface area contributed by atoms with Crippen molar-refractivity contribution in [1.29, 1.82) is 0 Å². The highest BCUT2D eigenvalue weighted by molar-refractivity contribution is 6.30. The first kappa shape index (κ1) is 16.8. The summed E-state index contributed by atoms with van der Waals surface area (Å²) in [5.74, 6) is 0.287. The van der Waals surface area contributed by atoms with E-state index in [1.807, 2.05) is 54.6 Å². The molecule has 2 aromatic carbocycles. The number of nitrogens with one attached hydrogen (secondary N) is 1. The first-order valence-electron chi connectivity index (χ1n) is 8.67. The molecule has 0 saturated heterocycles. The van der Waals surface area contributed by atoms with E-state index in [0.717, 1.165) is 30.4 Å². The number of halogens is 1. The Hall–Kier alpha value is -2.66. The number of carbonyl (C=O) groups excluding carboxylic acids is 1. The third kappa shape index (κ3) is 3.22. The number of aromatic nitrogens is 3. The Bertz CT molecular complexity index is 901. The summed E-state index contributed by atoms with van der Waals surface area (Å²) in [4.78, 5) is 17.2. The molecule has 0 radical (unpaired) electrons. The van der Waals surface area contributed by atoms with Gasteiger partial charge in [0.1, 0.15) is 6.33 Å². The Morgan fingerprint density at radius 1 is 1.12 bits per heavy atom. The Morgan fingerprint density at radius 3 is 2.50 bits per heavy atom. The monoisotopic (exact) mass is 366 g/mol. The van der Waals surface area contributed by atoms with Gasteiger partial charge < -0.3 is 0 Å². The fourth-order valence-electron chi connectivity index (χ4n) is 3.37. The molecule has 1 fully saturated rings. The van der Waals surface area contributed by atoms with Crippen molar-refractivity contribution in [2.75, 3.05) is 5.32 Å². The summed E-state index contributed by atoms with van der Waals surface area (Å²) in [7, 11) is 0. The van der Waals surface area contributed by atoms with Crippen LogP contribution in [0.25, 0.3) is 0 Å². The zero-order chi connectivity index (χ0) is 18.0. The molecule has 1 aliphatic rings. The van der Waals surface area contributed by atoms with Gasteiger partial charge in [-0.2, -0.15) is 0 Å². The van der Waals surface area contributed by atoms with Gasteiger partial charge in [0.05, 0.1) is 12.0 Å². The fourth-order valence-corrected chi connectivity index (χ4v) is 3.49. The zero-order valence-corrected chi connectivity index (χ0v) is 15.0. The SMILES string of the molecule is O=C(Nc1ncn(Cc2ccccc2)n1)C1(c2ccc(Cl)cc2)CCC1. The van der Waals surface area contributed by atoms with Gasteiger partial charge in [0.2, 0.25) is 11.9 Å². The van der Waals surface area contributed by atoms with E-state index in [-0.39, 0.29) is 5.91 Å². The van der Waals surface area contributed by atoms with Crippen LogP contribution in [0.4, 0.5) is 5.95 Å². The summed E-state index contributed by atoms with van der Waals surface area (Å²) in [6, 6.07) is 17.5. The normalized spacial score (nSPS) is 15.3. The molecule has 3 aromatic rings. The number of rotatable bonds is 5. The Morgan fingerprint density at radius 2 is 1.85 bits per heavy atom. The van der Waals surface area contributed by atoms with Crippen LogP contribution in [-0.4, -0.2) is 20.7 Å². The quantitative estimate of drug-likeness (QED) is 0.741. The summed E-state index contributed by atoms with van der Waals surface area (Å²) >= 11 is 5.98. The first-order valence-corrected chi connectivity index (χ1v) is 9.04. The summed E-state index contributed by atoms with van der Waals surface area (Å²) in [6.07, 6.45) is 4.32. The van der Waals surface area contributed by atoms with Crippen LogP contribution < -0.4 is 5.32 Å². The molecule has 0 bridgehead atoms. The zero-order valence-electron chi connectivity index (χ0n) is 14.2. The van der Waals surface area contributed by atoms with E-state index >= 15 is 0 Å². The van der Waals surface area contributed by atoms with E-state index in [4.69, 9.17) is 11.6 Å². The van der Waals surface area contributed by atoms with E-state index in [9.17, 15) is 4.79 Å². The Kier molecular flexibility index (Phi) is 4.47. The molecule has 1 aromatic heterocycles. The highest BCUT2D eigenvalue weighted by Gasteiger charge is 2.45. The number of amides is 1. The second kappa shape index (κ2) is 6.92. The predicted molar refractivity (Wildman–Crippen MR) is 101 cm³/mol. The first-order chi connectivity index (χ1) is 12.7. The molecule has 5 nitrogen and oxygen atoms in total. The van der Waals surface area contributed by atoms with Gasteiger partial charge in [-0.25, -0.2) is 9.67 Å². The molecule has 1 heterocycles. The number of carbonyl (C=O) groups is 1. The van der Waals surface area contributed by atoms with Gasteiger partial charge in [-0.3, -0.25) is 10.1 Å². The molecule has 132 valence electrons. The van der Waals surface area contributed by atoms with Crippen LogP contribution in [0.5, 0.6) is 0 Å². The van der Waals surface area contributed by atoms with Crippen molar-refractivity contribution >= 4 is 23.5 Å². The number of hydrogen-bond acceptors (Lipinski definition) is 3. The molecular weight excluding hydrogens is 348 g/mol. The molecule has 6 heteroatoms. The van der Waals surface area contributed by atoms with Crippen molar-refractivity contribution in [2.45, 2.75) is 31.2 Å². The van der Waals surface area contributed by atoms with Gasteiger partial charge in [0, 0.05) is 5.02 Å². The maximum absolute atomic E-state index is 12.9. The van der Waals surface area contributed by atoms with Gasteiger partial charge in [-0.15, -0.1) is 5.10 Å². The minimum Gasteiger partial charge on any atom is -0.292 e. The highest BCUT2D eigenvalue weighted by atomic mass is 35.5. The average Bonchev–Trinajstić information content (AvgIpc) is 3.03. The molecule has 0 atom stereocenters. The lowest BCUT2D eigenvalue weighted by atomic mass is 9.64. The van der Waals surface area contributed by atoms with Crippen molar-refractivity contribution < 1.29 is 4.79 Å². The van der Waals surface area contributed by atoms with Crippen molar-refractivity contribution in [3.05, 3.63) is 77.1 Å². The molecule has 26 heavy (non-hydrogen) atoms. The summed E-state index contributed by atoms with van der Waals surface area (Å²) in [5, 5.41) is 7.94. The van der Waals surface area contributed by atoms with E-state index in [2.05, 4.69) is 15.4 Å². The molecule has 1 saturated carbocycles. The molecule has 1 N–H and O–H groups in total. The van der Waals surface area contributed by atoms with E-state index in [0.29, 0.717) is 17.5 Å². The number of benzene rings is 2. The Labute approximate surface area is 157 Å². The minimum atomic E-state index is -0.504. The van der Waals surface area contributed by atoms with Crippen LogP contribution in [0.15, 0.2) is 60.9 Å². The summed E-state index contributed by atoms with van der Waals surface area (Å²) in [6.45, 7) is 0.617. The Balaban J connectivity index is 1.48. The lowest BCUT2D eigenvalue weighted by molar-refractivity contribution is -0.124. The van der Waals surface area contributed by atoms with Crippen molar-refractivity contribution in [3.8, 4) is 0 Å². The summed E-state index contributed by atoms with van der Waals surface area (Å²) in [5.41, 5.74) is 1.62. The summed E-state index contributed by atoms with van der Waals surface area (Å²) < 4.78 is 1.72. The molecule has 1 amide bonds. The van der Waals surface area contributed by atoms with Crippen LogP contribution in [0.2, 0.25) is 5.02 Å². The topological polar surface area (TPSA) is 59.8 Å². The lowest BCUT2D eigenvalue weighted by Crippen LogP contribution is -2.46. The predicted octanol–water partition coefficient (Wildman–Crippen LogP) is 4.04. The van der Waals surface area contributed by atoms with Crippen molar-refractivity contribution in [2.24, 2.45) is 0 Å². The van der Waals surface area contributed by atoms with E-state index < -0.39 is 5.41 Å². The highest BCUT2D eigenvalue weighted by Crippen LogP contribution is 2.44.